The van der Waals surface area contributed by atoms with E-state index < -0.39 is 0 Å². The van der Waals surface area contributed by atoms with Crippen LogP contribution < -0.4 is 5.73 Å². The van der Waals surface area contributed by atoms with Gasteiger partial charge in [0, 0.05) is 43.0 Å². The number of rotatable bonds is 5. The van der Waals surface area contributed by atoms with Crippen LogP contribution in [0.4, 0.5) is 4.39 Å². The van der Waals surface area contributed by atoms with E-state index in [-0.39, 0.29) is 29.8 Å². The van der Waals surface area contributed by atoms with E-state index in [0.717, 1.165) is 12.8 Å². The summed E-state index contributed by atoms with van der Waals surface area (Å²) in [7, 11) is 0. The second-order valence-electron chi connectivity index (χ2n) is 6.73. The van der Waals surface area contributed by atoms with Gasteiger partial charge in [-0.3, -0.25) is 19.9 Å². The standard InChI is InChI=1S/C19H23FN4O2/c20-14-6-4-13(5-7-14)17(25)12-23-8-10-24(11-9-23)19(26)18(22)15-2-1-3-16(15)21/h4-7,22H,1-3,8-12,21H2. The summed E-state index contributed by atoms with van der Waals surface area (Å²) < 4.78 is 12.9. The lowest BCUT2D eigenvalue weighted by molar-refractivity contribution is -0.125. The Balaban J connectivity index is 1.51. The van der Waals surface area contributed by atoms with Crippen LogP contribution in [0.25, 0.3) is 0 Å². The number of carbonyl (C=O) groups excluding carboxylic acids is 2. The van der Waals surface area contributed by atoms with Crippen LogP contribution in [-0.4, -0.2) is 59.9 Å². The van der Waals surface area contributed by atoms with Gasteiger partial charge in [-0.05, 0) is 43.5 Å². The number of carbonyl (C=O) groups is 2. The third kappa shape index (κ3) is 3.99. The first kappa shape index (κ1) is 18.3. The van der Waals surface area contributed by atoms with Crippen LogP contribution in [0.2, 0.25) is 0 Å². The number of nitrogens with zero attached hydrogens (tertiary/aromatic N) is 2. The highest BCUT2D eigenvalue weighted by Gasteiger charge is 2.28. The summed E-state index contributed by atoms with van der Waals surface area (Å²) in [5, 5.41) is 8.12. The van der Waals surface area contributed by atoms with Crippen LogP contribution in [-0.2, 0) is 4.79 Å². The zero-order valence-corrected chi connectivity index (χ0v) is 14.6. The van der Waals surface area contributed by atoms with Gasteiger partial charge in [0.15, 0.2) is 5.78 Å². The predicted octanol–water partition coefficient (Wildman–Crippen LogP) is 1.57. The number of ketones is 1. The summed E-state index contributed by atoms with van der Waals surface area (Å²) in [5.41, 5.74) is 7.72. The van der Waals surface area contributed by atoms with Crippen molar-refractivity contribution >= 4 is 17.4 Å². The molecular weight excluding hydrogens is 335 g/mol. The summed E-state index contributed by atoms with van der Waals surface area (Å²) in [4.78, 5) is 28.4. The van der Waals surface area contributed by atoms with Crippen molar-refractivity contribution in [2.24, 2.45) is 5.73 Å². The number of allylic oxidation sites excluding steroid dienone is 1. The van der Waals surface area contributed by atoms with Crippen molar-refractivity contribution in [2.75, 3.05) is 32.7 Å². The summed E-state index contributed by atoms with van der Waals surface area (Å²) in [5.74, 6) is -0.718. The molecule has 1 aromatic rings. The van der Waals surface area contributed by atoms with Crippen molar-refractivity contribution in [3.8, 4) is 0 Å². The fourth-order valence-corrected chi connectivity index (χ4v) is 3.38. The third-order valence-electron chi connectivity index (χ3n) is 4.97. The molecule has 1 fully saturated rings. The lowest BCUT2D eigenvalue weighted by atomic mass is 10.1. The minimum atomic E-state index is -0.367. The molecule has 1 heterocycles. The Morgan fingerprint density at radius 1 is 1.08 bits per heavy atom. The van der Waals surface area contributed by atoms with E-state index in [1.807, 2.05) is 4.90 Å². The molecule has 1 saturated heterocycles. The molecule has 1 amide bonds. The number of Topliss-reactive ketones (excluding diaryl/α,β-unsaturated/α-hetero) is 1. The van der Waals surface area contributed by atoms with Crippen molar-refractivity contribution in [3.63, 3.8) is 0 Å². The van der Waals surface area contributed by atoms with E-state index in [1.165, 1.54) is 24.3 Å². The minimum absolute atomic E-state index is 0.0100. The molecule has 0 atom stereocenters. The third-order valence-corrected chi connectivity index (χ3v) is 4.97. The van der Waals surface area contributed by atoms with E-state index in [4.69, 9.17) is 11.1 Å². The molecule has 2 aliphatic rings. The molecule has 3 N–H and O–H groups in total. The number of hydrogen-bond donors (Lipinski definition) is 2. The molecule has 138 valence electrons. The Bertz CT molecular complexity index is 749. The maximum absolute atomic E-state index is 12.9. The summed E-state index contributed by atoms with van der Waals surface area (Å²) in [6, 6.07) is 5.52. The van der Waals surface area contributed by atoms with Gasteiger partial charge in [-0.1, -0.05) is 0 Å². The second kappa shape index (κ2) is 7.78. The van der Waals surface area contributed by atoms with E-state index in [9.17, 15) is 14.0 Å². The smallest absolute Gasteiger partial charge is 0.272 e. The number of hydrogen-bond acceptors (Lipinski definition) is 5. The molecule has 1 aliphatic carbocycles. The Labute approximate surface area is 152 Å². The van der Waals surface area contributed by atoms with Crippen molar-refractivity contribution in [3.05, 3.63) is 46.9 Å². The molecule has 3 rings (SSSR count). The van der Waals surface area contributed by atoms with Crippen molar-refractivity contribution < 1.29 is 14.0 Å². The number of halogens is 1. The largest absolute Gasteiger partial charge is 0.402 e. The van der Waals surface area contributed by atoms with Gasteiger partial charge in [-0.25, -0.2) is 4.39 Å². The van der Waals surface area contributed by atoms with Crippen LogP contribution in [0.5, 0.6) is 0 Å². The molecular formula is C19H23FN4O2. The maximum Gasteiger partial charge on any atom is 0.272 e. The monoisotopic (exact) mass is 358 g/mol. The first-order chi connectivity index (χ1) is 12.5. The van der Waals surface area contributed by atoms with Crippen LogP contribution in [0, 0.1) is 11.2 Å². The van der Waals surface area contributed by atoms with Crippen LogP contribution in [0.3, 0.4) is 0 Å². The molecule has 26 heavy (non-hydrogen) atoms. The van der Waals surface area contributed by atoms with Gasteiger partial charge in [-0.2, -0.15) is 0 Å². The number of nitrogens with two attached hydrogens (primary N) is 1. The quantitative estimate of drug-likeness (QED) is 0.617. The zero-order valence-electron chi connectivity index (χ0n) is 14.6. The van der Waals surface area contributed by atoms with Gasteiger partial charge < -0.3 is 10.6 Å². The average Bonchev–Trinajstić information content (AvgIpc) is 3.07. The zero-order chi connectivity index (χ0) is 18.7. The maximum atomic E-state index is 12.9. The molecule has 0 aromatic heterocycles. The molecule has 1 aromatic carbocycles. The second-order valence-corrected chi connectivity index (χ2v) is 6.73. The normalized spacial score (nSPS) is 18.3. The molecule has 6 nitrogen and oxygen atoms in total. The van der Waals surface area contributed by atoms with Crippen LogP contribution in [0.15, 0.2) is 35.5 Å². The predicted molar refractivity (Wildman–Crippen MR) is 96.5 cm³/mol. The molecule has 7 heteroatoms. The van der Waals surface area contributed by atoms with E-state index in [1.54, 1.807) is 4.90 Å². The summed E-state index contributed by atoms with van der Waals surface area (Å²) in [6.45, 7) is 2.33. The fraction of sp³-hybridized carbons (Fsp3) is 0.421. The van der Waals surface area contributed by atoms with Gasteiger partial charge in [0.25, 0.3) is 5.91 Å². The van der Waals surface area contributed by atoms with Crippen LogP contribution >= 0.6 is 0 Å². The SMILES string of the molecule is N=C(C(=O)N1CCN(CC(=O)c2ccc(F)cc2)CC1)C1=C(N)CCC1. The van der Waals surface area contributed by atoms with Crippen LogP contribution in [0.1, 0.15) is 29.6 Å². The summed E-state index contributed by atoms with van der Waals surface area (Å²) in [6.07, 6.45) is 2.35. The lowest BCUT2D eigenvalue weighted by Crippen LogP contribution is -2.51. The minimum Gasteiger partial charge on any atom is -0.402 e. The highest BCUT2D eigenvalue weighted by Crippen LogP contribution is 2.23. The van der Waals surface area contributed by atoms with E-state index >= 15 is 0 Å². The first-order valence-corrected chi connectivity index (χ1v) is 8.82. The van der Waals surface area contributed by atoms with Crippen molar-refractivity contribution in [2.45, 2.75) is 19.3 Å². The Morgan fingerprint density at radius 3 is 2.31 bits per heavy atom. The van der Waals surface area contributed by atoms with Gasteiger partial charge in [0.2, 0.25) is 0 Å². The molecule has 0 saturated carbocycles. The van der Waals surface area contributed by atoms with Gasteiger partial charge in [0.1, 0.15) is 11.5 Å². The lowest BCUT2D eigenvalue weighted by Gasteiger charge is -2.34. The number of nitrogens with one attached hydrogen (secondary N) is 1. The van der Waals surface area contributed by atoms with E-state index in [0.29, 0.717) is 49.4 Å². The number of amides is 1. The summed E-state index contributed by atoms with van der Waals surface area (Å²) >= 11 is 0. The molecule has 0 radical (unpaired) electrons. The van der Waals surface area contributed by atoms with Crippen molar-refractivity contribution in [1.82, 2.24) is 9.80 Å². The molecule has 0 spiro atoms. The molecule has 1 aliphatic heterocycles. The Kier molecular flexibility index (Phi) is 5.46. The molecule has 0 bridgehead atoms. The topological polar surface area (TPSA) is 90.5 Å². The highest BCUT2D eigenvalue weighted by atomic mass is 19.1. The first-order valence-electron chi connectivity index (χ1n) is 8.82. The number of benzene rings is 1. The van der Waals surface area contributed by atoms with E-state index in [2.05, 4.69) is 0 Å². The van der Waals surface area contributed by atoms with Gasteiger partial charge in [-0.15, -0.1) is 0 Å². The highest BCUT2D eigenvalue weighted by molar-refractivity contribution is 6.44. The number of piperazine rings is 1. The van der Waals surface area contributed by atoms with Gasteiger partial charge in [0.05, 0.1) is 6.54 Å². The Hall–Kier alpha value is -2.54. The van der Waals surface area contributed by atoms with Crippen molar-refractivity contribution in [1.29, 1.82) is 5.41 Å². The Morgan fingerprint density at radius 2 is 1.73 bits per heavy atom. The fourth-order valence-electron chi connectivity index (χ4n) is 3.38. The average molecular weight is 358 g/mol. The molecule has 0 unspecified atom stereocenters. The van der Waals surface area contributed by atoms with Gasteiger partial charge >= 0.3 is 0 Å².